The van der Waals surface area contributed by atoms with Gasteiger partial charge in [0.05, 0.1) is 17.9 Å². The molecule has 6 nitrogen and oxygen atoms in total. The van der Waals surface area contributed by atoms with Crippen molar-refractivity contribution in [2.24, 2.45) is 5.92 Å². The van der Waals surface area contributed by atoms with E-state index in [-0.39, 0.29) is 0 Å². The highest BCUT2D eigenvalue weighted by Gasteiger charge is 2.19. The largest absolute Gasteiger partial charge is 0.361 e. The summed E-state index contributed by atoms with van der Waals surface area (Å²) < 4.78 is 7.06. The molecule has 0 amide bonds. The van der Waals surface area contributed by atoms with Crippen LogP contribution in [0.1, 0.15) is 66.9 Å². The molecule has 0 N–H and O–H groups in total. The summed E-state index contributed by atoms with van der Waals surface area (Å²) in [6, 6.07) is 2.18. The van der Waals surface area contributed by atoms with Crippen LogP contribution in [-0.2, 0) is 13.0 Å². The molecule has 0 spiro atoms. The van der Waals surface area contributed by atoms with E-state index in [0.29, 0.717) is 12.2 Å². The van der Waals surface area contributed by atoms with Gasteiger partial charge in [-0.2, -0.15) is 5.26 Å². The quantitative estimate of drug-likeness (QED) is 0.846. The molecule has 23 heavy (non-hydrogen) atoms. The minimum Gasteiger partial charge on any atom is -0.361 e. The average molecular weight is 313 g/mol. The van der Waals surface area contributed by atoms with Crippen molar-refractivity contribution in [1.82, 2.24) is 20.2 Å². The Kier molecular flexibility index (Phi) is 4.75. The van der Waals surface area contributed by atoms with Crippen molar-refractivity contribution in [2.75, 3.05) is 0 Å². The van der Waals surface area contributed by atoms with Gasteiger partial charge < -0.3 is 4.52 Å². The Morgan fingerprint density at radius 3 is 2.70 bits per heavy atom. The van der Waals surface area contributed by atoms with Gasteiger partial charge >= 0.3 is 0 Å². The van der Waals surface area contributed by atoms with Gasteiger partial charge in [-0.05, 0) is 32.6 Å². The fourth-order valence-corrected chi connectivity index (χ4v) is 3.49. The van der Waals surface area contributed by atoms with Crippen LogP contribution in [0.5, 0.6) is 0 Å². The number of nitriles is 1. The van der Waals surface area contributed by atoms with Gasteiger partial charge in [0.15, 0.2) is 5.69 Å². The summed E-state index contributed by atoms with van der Waals surface area (Å²) in [5.74, 6) is 1.58. The predicted octanol–water partition coefficient (Wildman–Crippen LogP) is 3.32. The zero-order valence-electron chi connectivity index (χ0n) is 13.9. The summed E-state index contributed by atoms with van der Waals surface area (Å²) >= 11 is 0. The molecule has 2 heterocycles. The van der Waals surface area contributed by atoms with E-state index in [1.165, 1.54) is 32.1 Å². The van der Waals surface area contributed by atoms with Crippen LogP contribution in [0.3, 0.4) is 0 Å². The first kappa shape index (κ1) is 15.7. The molecular weight excluding hydrogens is 290 g/mol. The highest BCUT2D eigenvalue weighted by molar-refractivity contribution is 5.27. The summed E-state index contributed by atoms with van der Waals surface area (Å²) in [5, 5.41) is 21.5. The highest BCUT2D eigenvalue weighted by atomic mass is 16.5. The number of hydrogen-bond donors (Lipinski definition) is 0. The van der Waals surface area contributed by atoms with Crippen molar-refractivity contribution in [3.63, 3.8) is 0 Å². The van der Waals surface area contributed by atoms with Crippen molar-refractivity contribution < 1.29 is 4.52 Å². The van der Waals surface area contributed by atoms with E-state index in [4.69, 9.17) is 4.52 Å². The minimum atomic E-state index is 0.451. The summed E-state index contributed by atoms with van der Waals surface area (Å²) in [5.41, 5.74) is 3.29. The third kappa shape index (κ3) is 3.44. The van der Waals surface area contributed by atoms with Crippen LogP contribution in [0.2, 0.25) is 0 Å². The smallest absolute Gasteiger partial charge is 0.185 e. The van der Waals surface area contributed by atoms with Crippen molar-refractivity contribution in [3.05, 3.63) is 28.4 Å². The lowest BCUT2D eigenvalue weighted by Gasteiger charge is -2.21. The number of aryl methyl sites for hydroxylation is 2. The molecule has 6 heteroatoms. The van der Waals surface area contributed by atoms with Crippen molar-refractivity contribution >= 4 is 0 Å². The second kappa shape index (κ2) is 6.95. The zero-order valence-corrected chi connectivity index (χ0v) is 13.9. The van der Waals surface area contributed by atoms with Crippen molar-refractivity contribution in [3.8, 4) is 6.07 Å². The summed E-state index contributed by atoms with van der Waals surface area (Å²) in [6.07, 6.45) is 8.65. The van der Waals surface area contributed by atoms with Gasteiger partial charge in [-0.25, -0.2) is 4.68 Å². The van der Waals surface area contributed by atoms with Crippen LogP contribution in [-0.4, -0.2) is 20.2 Å². The molecule has 0 aliphatic heterocycles. The number of aromatic nitrogens is 4. The minimum absolute atomic E-state index is 0.451. The van der Waals surface area contributed by atoms with Gasteiger partial charge in [0.25, 0.3) is 0 Å². The van der Waals surface area contributed by atoms with E-state index in [0.717, 1.165) is 41.5 Å². The van der Waals surface area contributed by atoms with Crippen molar-refractivity contribution in [2.45, 2.75) is 65.3 Å². The third-order valence-corrected chi connectivity index (χ3v) is 4.95. The van der Waals surface area contributed by atoms with Crippen LogP contribution < -0.4 is 0 Å². The first-order valence-corrected chi connectivity index (χ1v) is 8.43. The molecule has 122 valence electrons. The van der Waals surface area contributed by atoms with Gasteiger partial charge in [-0.15, -0.1) is 5.10 Å². The molecule has 0 aromatic carbocycles. The molecule has 2 aromatic rings. The lowest BCUT2D eigenvalue weighted by Crippen LogP contribution is -2.12. The van der Waals surface area contributed by atoms with Gasteiger partial charge in [0.2, 0.25) is 0 Å². The van der Waals surface area contributed by atoms with E-state index in [1.54, 1.807) is 0 Å². The summed E-state index contributed by atoms with van der Waals surface area (Å²) in [4.78, 5) is 0. The Bertz CT molecular complexity index is 684. The molecule has 0 unspecified atom stereocenters. The molecule has 2 aromatic heterocycles. The summed E-state index contributed by atoms with van der Waals surface area (Å²) in [6.45, 7) is 4.39. The van der Waals surface area contributed by atoms with E-state index in [9.17, 15) is 5.26 Å². The molecule has 3 rings (SSSR count). The monoisotopic (exact) mass is 313 g/mol. The van der Waals surface area contributed by atoms with E-state index >= 15 is 0 Å². The first-order valence-electron chi connectivity index (χ1n) is 8.43. The molecule has 0 bridgehead atoms. The van der Waals surface area contributed by atoms with Gasteiger partial charge in [-0.1, -0.05) is 42.5 Å². The molecule has 1 aliphatic rings. The highest BCUT2D eigenvalue weighted by Crippen LogP contribution is 2.28. The maximum atomic E-state index is 9.31. The zero-order chi connectivity index (χ0) is 16.2. The first-order chi connectivity index (χ1) is 11.2. The Morgan fingerprint density at radius 2 is 2.04 bits per heavy atom. The topological polar surface area (TPSA) is 80.5 Å². The maximum absolute atomic E-state index is 9.31. The molecule has 0 atom stereocenters. The van der Waals surface area contributed by atoms with Crippen LogP contribution in [0.25, 0.3) is 0 Å². The predicted molar refractivity (Wildman–Crippen MR) is 84.7 cm³/mol. The van der Waals surface area contributed by atoms with Crippen molar-refractivity contribution in [1.29, 1.82) is 5.26 Å². The average Bonchev–Trinajstić information content (AvgIpc) is 3.11. The molecule has 1 saturated carbocycles. The lowest BCUT2D eigenvalue weighted by molar-refractivity contribution is 0.336. The number of rotatable bonds is 5. The second-order valence-electron chi connectivity index (χ2n) is 6.50. The summed E-state index contributed by atoms with van der Waals surface area (Å²) in [7, 11) is 0. The van der Waals surface area contributed by atoms with Crippen LogP contribution in [0.15, 0.2) is 4.52 Å². The second-order valence-corrected chi connectivity index (χ2v) is 6.50. The van der Waals surface area contributed by atoms with Gasteiger partial charge in [-0.3, -0.25) is 0 Å². The Balaban J connectivity index is 1.76. The SMILES string of the molecule is Cc1noc(C)c1Cn1nnc(C#N)c1CCC1CCCCC1. The Morgan fingerprint density at radius 1 is 1.26 bits per heavy atom. The van der Waals surface area contributed by atoms with E-state index in [2.05, 4.69) is 21.5 Å². The Hall–Kier alpha value is -2.16. The van der Waals surface area contributed by atoms with Crippen LogP contribution in [0, 0.1) is 31.1 Å². The van der Waals surface area contributed by atoms with E-state index < -0.39 is 0 Å². The maximum Gasteiger partial charge on any atom is 0.185 e. The normalized spacial score (nSPS) is 15.7. The number of nitrogens with zero attached hydrogens (tertiary/aromatic N) is 5. The molecule has 0 radical (unpaired) electrons. The molecule has 0 saturated heterocycles. The fourth-order valence-electron chi connectivity index (χ4n) is 3.49. The molecule has 1 fully saturated rings. The fraction of sp³-hybridized carbons (Fsp3) is 0.647. The Labute approximate surface area is 136 Å². The number of hydrogen-bond acceptors (Lipinski definition) is 5. The molecule has 1 aliphatic carbocycles. The van der Waals surface area contributed by atoms with Gasteiger partial charge in [0.1, 0.15) is 11.8 Å². The third-order valence-electron chi connectivity index (χ3n) is 4.95. The van der Waals surface area contributed by atoms with Crippen LogP contribution >= 0.6 is 0 Å². The van der Waals surface area contributed by atoms with E-state index in [1.807, 2.05) is 18.5 Å². The molecular formula is C17H23N5O. The lowest BCUT2D eigenvalue weighted by atomic mass is 9.85. The van der Waals surface area contributed by atoms with Crippen LogP contribution in [0.4, 0.5) is 0 Å². The standard InChI is InChI=1S/C17H23N5O/c1-12-15(13(2)23-20-12)11-22-17(16(10-18)19-21-22)9-8-14-6-4-3-5-7-14/h14H,3-9,11H2,1-2H3. The van der Waals surface area contributed by atoms with Gasteiger partial charge in [0, 0.05) is 5.56 Å².